The fraction of sp³-hybridized carbons (Fsp3) is 0.333. The molecule has 0 spiro atoms. The summed E-state index contributed by atoms with van der Waals surface area (Å²) < 4.78 is 4.93. The number of benzene rings is 1. The second kappa shape index (κ2) is 4.88. The number of aromatic amines is 1. The Morgan fingerprint density at radius 2 is 1.84 bits per heavy atom. The normalized spacial score (nSPS) is 10.7. The Hall–Kier alpha value is -2.10. The average Bonchev–Trinajstić information content (AvgIpc) is 2.32. The van der Waals surface area contributed by atoms with Gasteiger partial charge < -0.3 is 9.72 Å². The van der Waals surface area contributed by atoms with Gasteiger partial charge in [-0.3, -0.25) is 4.79 Å². The molecule has 0 radical (unpaired) electrons. The molecule has 0 unspecified atom stereocenters. The van der Waals surface area contributed by atoms with Crippen LogP contribution in [0.4, 0.5) is 0 Å². The van der Waals surface area contributed by atoms with Gasteiger partial charge in [-0.2, -0.15) is 0 Å². The molecule has 0 bridgehead atoms. The van der Waals surface area contributed by atoms with Crippen molar-refractivity contribution in [3.05, 3.63) is 44.7 Å². The van der Waals surface area contributed by atoms with Crippen molar-refractivity contribution in [2.75, 3.05) is 6.61 Å². The van der Waals surface area contributed by atoms with Crippen molar-refractivity contribution in [3.63, 3.8) is 0 Å². The summed E-state index contributed by atoms with van der Waals surface area (Å²) in [5.74, 6) is -0.568. The maximum atomic E-state index is 12.4. The van der Waals surface area contributed by atoms with E-state index < -0.39 is 5.97 Å². The summed E-state index contributed by atoms with van der Waals surface area (Å²) >= 11 is 0. The second-order valence-electron chi connectivity index (χ2n) is 4.66. The first-order chi connectivity index (χ1) is 8.95. The number of H-pyrrole nitrogens is 1. The van der Waals surface area contributed by atoms with Gasteiger partial charge in [0.25, 0.3) is 0 Å². The lowest BCUT2D eigenvalue weighted by molar-refractivity contribution is 0.0524. The molecule has 0 amide bonds. The number of carbonyl (C=O) groups is 1. The van der Waals surface area contributed by atoms with Crippen molar-refractivity contribution >= 4 is 16.9 Å². The third-order valence-electron chi connectivity index (χ3n) is 3.28. The Morgan fingerprint density at radius 3 is 2.47 bits per heavy atom. The monoisotopic (exact) mass is 259 g/mol. The molecule has 19 heavy (non-hydrogen) atoms. The predicted octanol–water partition coefficient (Wildman–Crippen LogP) is 2.63. The quantitative estimate of drug-likeness (QED) is 0.843. The van der Waals surface area contributed by atoms with E-state index in [0.29, 0.717) is 11.1 Å². The van der Waals surface area contributed by atoms with Crippen molar-refractivity contribution in [1.82, 2.24) is 4.98 Å². The molecule has 2 rings (SSSR count). The summed E-state index contributed by atoms with van der Waals surface area (Å²) in [6, 6.07) is 3.74. The molecular weight excluding hydrogens is 242 g/mol. The fourth-order valence-electron chi connectivity index (χ4n) is 2.13. The van der Waals surface area contributed by atoms with Crippen LogP contribution in [0, 0.1) is 20.8 Å². The Balaban J connectivity index is 2.78. The van der Waals surface area contributed by atoms with Gasteiger partial charge >= 0.3 is 5.97 Å². The number of hydrogen-bond acceptors (Lipinski definition) is 3. The van der Waals surface area contributed by atoms with Crippen molar-refractivity contribution in [1.29, 1.82) is 0 Å². The van der Waals surface area contributed by atoms with Crippen LogP contribution in [0.25, 0.3) is 10.9 Å². The number of aromatic nitrogens is 1. The average molecular weight is 259 g/mol. The van der Waals surface area contributed by atoms with Crippen LogP contribution in [-0.4, -0.2) is 17.6 Å². The summed E-state index contributed by atoms with van der Waals surface area (Å²) in [7, 11) is 0. The van der Waals surface area contributed by atoms with E-state index in [1.807, 2.05) is 26.0 Å². The van der Waals surface area contributed by atoms with Gasteiger partial charge in [0.15, 0.2) is 0 Å². The van der Waals surface area contributed by atoms with E-state index in [1.54, 1.807) is 13.8 Å². The molecule has 0 saturated heterocycles. The number of nitrogens with one attached hydrogen (secondary N) is 1. The van der Waals surface area contributed by atoms with Crippen LogP contribution in [0.1, 0.15) is 34.1 Å². The highest BCUT2D eigenvalue weighted by atomic mass is 16.5. The third-order valence-corrected chi connectivity index (χ3v) is 3.28. The van der Waals surface area contributed by atoms with Gasteiger partial charge in [0.2, 0.25) is 5.43 Å². The Labute approximate surface area is 111 Å². The summed E-state index contributed by atoms with van der Waals surface area (Å²) in [5, 5.41) is 0.525. The molecule has 1 aromatic carbocycles. The number of pyridine rings is 1. The predicted molar refractivity (Wildman–Crippen MR) is 74.7 cm³/mol. The number of rotatable bonds is 2. The Kier molecular flexibility index (Phi) is 3.42. The van der Waals surface area contributed by atoms with E-state index in [4.69, 9.17) is 4.74 Å². The highest BCUT2D eigenvalue weighted by Gasteiger charge is 2.18. The summed E-state index contributed by atoms with van der Waals surface area (Å²) in [6.45, 7) is 7.61. The molecule has 100 valence electrons. The van der Waals surface area contributed by atoms with Crippen molar-refractivity contribution < 1.29 is 9.53 Å². The largest absolute Gasteiger partial charge is 0.462 e. The molecular formula is C15H17NO3. The van der Waals surface area contributed by atoms with Crippen molar-refractivity contribution in [3.8, 4) is 0 Å². The zero-order valence-corrected chi connectivity index (χ0v) is 11.6. The molecule has 1 heterocycles. The molecule has 4 nitrogen and oxygen atoms in total. The van der Waals surface area contributed by atoms with Crippen molar-refractivity contribution in [2.24, 2.45) is 0 Å². The number of fused-ring (bicyclic) bond motifs is 1. The van der Waals surface area contributed by atoms with Gasteiger partial charge in [0.05, 0.1) is 6.61 Å². The summed E-state index contributed by atoms with van der Waals surface area (Å²) in [5.41, 5.74) is 3.24. The van der Waals surface area contributed by atoms with E-state index >= 15 is 0 Å². The maximum Gasteiger partial charge on any atom is 0.343 e. The van der Waals surface area contributed by atoms with E-state index in [1.165, 1.54) is 0 Å². The number of carbonyl (C=O) groups excluding carboxylic acids is 1. The van der Waals surface area contributed by atoms with Crippen LogP contribution >= 0.6 is 0 Å². The Bertz CT molecular complexity index is 713. The molecule has 0 aliphatic rings. The van der Waals surface area contributed by atoms with Crippen molar-refractivity contribution in [2.45, 2.75) is 27.7 Å². The maximum absolute atomic E-state index is 12.4. The summed E-state index contributed by atoms with van der Waals surface area (Å²) in [4.78, 5) is 27.4. The smallest absolute Gasteiger partial charge is 0.343 e. The third kappa shape index (κ3) is 2.26. The second-order valence-corrected chi connectivity index (χ2v) is 4.66. The summed E-state index contributed by atoms with van der Waals surface area (Å²) in [6.07, 6.45) is 0. The lowest BCUT2D eigenvalue weighted by Gasteiger charge is -2.09. The van der Waals surface area contributed by atoms with Crippen LogP contribution in [0.2, 0.25) is 0 Å². The minimum Gasteiger partial charge on any atom is -0.462 e. The minimum atomic E-state index is -0.568. The molecule has 1 aromatic heterocycles. The topological polar surface area (TPSA) is 59.2 Å². The Morgan fingerprint density at radius 1 is 1.21 bits per heavy atom. The lowest BCUT2D eigenvalue weighted by atomic mass is 10.0. The van der Waals surface area contributed by atoms with Gasteiger partial charge in [0, 0.05) is 16.6 Å². The van der Waals surface area contributed by atoms with Crippen LogP contribution in [0.5, 0.6) is 0 Å². The highest BCUT2D eigenvalue weighted by Crippen LogP contribution is 2.17. The number of esters is 1. The SMILES string of the molecule is CCOC(=O)c1c(C)[nH]c2cc(C)c(C)cc2c1=O. The molecule has 0 saturated carbocycles. The van der Waals surface area contributed by atoms with E-state index in [9.17, 15) is 9.59 Å². The highest BCUT2D eigenvalue weighted by molar-refractivity contribution is 5.95. The van der Waals surface area contributed by atoms with Crippen LogP contribution in [-0.2, 0) is 4.74 Å². The molecule has 0 aliphatic carbocycles. The molecule has 0 fully saturated rings. The minimum absolute atomic E-state index is 0.0950. The first kappa shape index (κ1) is 13.3. The molecule has 4 heteroatoms. The molecule has 0 atom stereocenters. The van der Waals surface area contributed by atoms with Crippen LogP contribution < -0.4 is 5.43 Å². The molecule has 1 N–H and O–H groups in total. The fourth-order valence-corrected chi connectivity index (χ4v) is 2.13. The zero-order valence-electron chi connectivity index (χ0n) is 11.6. The lowest BCUT2D eigenvalue weighted by Crippen LogP contribution is -2.20. The number of hydrogen-bond donors (Lipinski definition) is 1. The molecule has 2 aromatic rings. The van der Waals surface area contributed by atoms with Gasteiger partial charge in [-0.05, 0) is 51.0 Å². The number of ether oxygens (including phenoxy) is 1. The van der Waals surface area contributed by atoms with Crippen LogP contribution in [0.15, 0.2) is 16.9 Å². The standard InChI is InChI=1S/C15H17NO3/c1-5-19-15(18)13-10(4)16-12-7-9(3)8(2)6-11(12)14(13)17/h6-7H,5H2,1-4H3,(H,16,17). The molecule has 0 aliphatic heterocycles. The van der Waals surface area contributed by atoms with Gasteiger partial charge in [-0.15, -0.1) is 0 Å². The van der Waals surface area contributed by atoms with E-state index in [2.05, 4.69) is 4.98 Å². The van der Waals surface area contributed by atoms with E-state index in [-0.39, 0.29) is 17.6 Å². The first-order valence-corrected chi connectivity index (χ1v) is 6.26. The zero-order chi connectivity index (χ0) is 14.2. The van der Waals surface area contributed by atoms with Gasteiger partial charge in [-0.25, -0.2) is 4.79 Å². The first-order valence-electron chi connectivity index (χ1n) is 6.26. The van der Waals surface area contributed by atoms with Gasteiger partial charge in [-0.1, -0.05) is 0 Å². The number of aryl methyl sites for hydroxylation is 3. The van der Waals surface area contributed by atoms with Gasteiger partial charge in [0.1, 0.15) is 5.56 Å². The van der Waals surface area contributed by atoms with Crippen LogP contribution in [0.3, 0.4) is 0 Å². The van der Waals surface area contributed by atoms with E-state index in [0.717, 1.165) is 16.6 Å².